The maximum absolute atomic E-state index is 8.42. The fourth-order valence-electron chi connectivity index (χ4n) is 1.17. The number of hydrogen-bond acceptors (Lipinski definition) is 3. The largest absolute Gasteiger partial charge is 0.493 e. The minimum Gasteiger partial charge on any atom is -0.493 e. The number of rotatable bonds is 3. The van der Waals surface area contributed by atoms with Crippen LogP contribution in [0.2, 0.25) is 0 Å². The first-order valence-corrected chi connectivity index (χ1v) is 5.00. The molecule has 0 unspecified atom stereocenters. The second-order valence-corrected chi connectivity index (χ2v) is 3.56. The molecule has 0 aliphatic heterocycles. The predicted molar refractivity (Wildman–Crippen MR) is 61.9 cm³/mol. The van der Waals surface area contributed by atoms with E-state index in [2.05, 4.69) is 15.9 Å². The van der Waals surface area contributed by atoms with Gasteiger partial charge in [-0.15, -0.1) is 0 Å². The molecule has 0 heterocycles. The van der Waals surface area contributed by atoms with Crippen molar-refractivity contribution < 1.29 is 9.47 Å². The van der Waals surface area contributed by atoms with Crippen molar-refractivity contribution in [1.82, 2.24) is 0 Å². The number of halogens is 1. The van der Waals surface area contributed by atoms with Crippen molar-refractivity contribution in [2.45, 2.75) is 0 Å². The van der Waals surface area contributed by atoms with Gasteiger partial charge in [0.15, 0.2) is 11.5 Å². The highest BCUT2D eigenvalue weighted by Gasteiger charge is 2.08. The van der Waals surface area contributed by atoms with Gasteiger partial charge in [0.25, 0.3) is 0 Å². The molecule has 0 fully saturated rings. The minimum absolute atomic E-state index is 0.629. The van der Waals surface area contributed by atoms with E-state index in [-0.39, 0.29) is 0 Å². The maximum Gasteiger partial charge on any atom is 0.174 e. The number of allylic oxidation sites excluding steroid dienone is 1. The molecule has 0 radical (unpaired) electrons. The Kier molecular flexibility index (Phi) is 4.19. The van der Waals surface area contributed by atoms with Gasteiger partial charge >= 0.3 is 0 Å². The summed E-state index contributed by atoms with van der Waals surface area (Å²) in [6.45, 7) is 0. The summed E-state index contributed by atoms with van der Waals surface area (Å²) in [7, 11) is 3.15. The first-order chi connectivity index (χ1) is 7.22. The van der Waals surface area contributed by atoms with Gasteiger partial charge in [0.1, 0.15) is 0 Å². The molecule has 0 saturated carbocycles. The highest BCUT2D eigenvalue weighted by atomic mass is 79.9. The van der Waals surface area contributed by atoms with Gasteiger partial charge in [-0.3, -0.25) is 0 Å². The lowest BCUT2D eigenvalue weighted by molar-refractivity contribution is 0.353. The third-order valence-corrected chi connectivity index (χ3v) is 2.40. The Morgan fingerprint density at radius 3 is 2.60 bits per heavy atom. The second kappa shape index (κ2) is 5.42. The molecule has 78 valence electrons. The topological polar surface area (TPSA) is 42.2 Å². The van der Waals surface area contributed by atoms with Crippen LogP contribution in [0.1, 0.15) is 5.56 Å². The Balaban J connectivity index is 3.20. The molecule has 3 nitrogen and oxygen atoms in total. The van der Waals surface area contributed by atoms with E-state index in [1.165, 1.54) is 6.08 Å². The molecule has 0 atom stereocenters. The maximum atomic E-state index is 8.42. The van der Waals surface area contributed by atoms with Crippen LogP contribution in [0.4, 0.5) is 0 Å². The first kappa shape index (κ1) is 11.6. The van der Waals surface area contributed by atoms with E-state index in [0.29, 0.717) is 11.5 Å². The third kappa shape index (κ3) is 2.74. The average Bonchev–Trinajstić information content (AvgIpc) is 2.25. The lowest BCUT2D eigenvalue weighted by Gasteiger charge is -2.10. The molecule has 15 heavy (non-hydrogen) atoms. The molecule has 0 spiro atoms. The Bertz CT molecular complexity index is 421. The van der Waals surface area contributed by atoms with Crippen molar-refractivity contribution >= 4 is 22.0 Å². The Labute approximate surface area is 97.1 Å². The smallest absolute Gasteiger partial charge is 0.174 e. The zero-order valence-electron chi connectivity index (χ0n) is 8.45. The Morgan fingerprint density at radius 2 is 2.07 bits per heavy atom. The average molecular weight is 268 g/mol. The van der Waals surface area contributed by atoms with Crippen LogP contribution < -0.4 is 9.47 Å². The standard InChI is InChI=1S/C11H10BrNO2/c1-14-10-7-8(4-3-5-13)6-9(12)11(10)15-2/h3-4,6-7H,1-2H3. The molecule has 1 rings (SSSR count). The Hall–Kier alpha value is -1.47. The van der Waals surface area contributed by atoms with Crippen LogP contribution in [0, 0.1) is 11.3 Å². The van der Waals surface area contributed by atoms with Crippen molar-refractivity contribution in [3.05, 3.63) is 28.2 Å². The molecule has 0 saturated heterocycles. The fraction of sp³-hybridized carbons (Fsp3) is 0.182. The van der Waals surface area contributed by atoms with Gasteiger partial charge in [-0.2, -0.15) is 5.26 Å². The van der Waals surface area contributed by atoms with E-state index >= 15 is 0 Å². The van der Waals surface area contributed by atoms with E-state index in [4.69, 9.17) is 14.7 Å². The van der Waals surface area contributed by atoms with E-state index in [0.717, 1.165) is 10.0 Å². The SMILES string of the molecule is COc1cc(C=CC#N)cc(Br)c1OC. The molecule has 0 aromatic heterocycles. The van der Waals surface area contributed by atoms with Gasteiger partial charge in [-0.05, 0) is 39.7 Å². The molecular formula is C11H10BrNO2. The van der Waals surface area contributed by atoms with Gasteiger partial charge in [0.05, 0.1) is 24.8 Å². The van der Waals surface area contributed by atoms with Crippen LogP contribution in [-0.2, 0) is 0 Å². The number of methoxy groups -OCH3 is 2. The third-order valence-electron chi connectivity index (χ3n) is 1.81. The quantitative estimate of drug-likeness (QED) is 0.791. The number of ether oxygens (including phenoxy) is 2. The zero-order chi connectivity index (χ0) is 11.3. The molecule has 0 N–H and O–H groups in total. The first-order valence-electron chi connectivity index (χ1n) is 4.20. The summed E-state index contributed by atoms with van der Waals surface area (Å²) in [5.74, 6) is 1.27. The van der Waals surface area contributed by atoms with Gasteiger partial charge in [0, 0.05) is 6.08 Å². The van der Waals surface area contributed by atoms with Gasteiger partial charge < -0.3 is 9.47 Å². The molecule has 1 aromatic carbocycles. The lowest BCUT2D eigenvalue weighted by Crippen LogP contribution is -1.92. The number of nitrogens with zero attached hydrogens (tertiary/aromatic N) is 1. The molecule has 4 heteroatoms. The number of nitriles is 1. The van der Waals surface area contributed by atoms with Crippen molar-refractivity contribution in [3.63, 3.8) is 0 Å². The summed E-state index contributed by atoms with van der Waals surface area (Å²) in [6, 6.07) is 5.59. The van der Waals surface area contributed by atoms with Crippen LogP contribution in [0.25, 0.3) is 6.08 Å². The monoisotopic (exact) mass is 267 g/mol. The molecular weight excluding hydrogens is 258 g/mol. The predicted octanol–water partition coefficient (Wildman–Crippen LogP) is 3.00. The summed E-state index contributed by atoms with van der Waals surface area (Å²) >= 11 is 3.37. The molecule has 0 bridgehead atoms. The van der Waals surface area contributed by atoms with Crippen molar-refractivity contribution in [2.24, 2.45) is 0 Å². The van der Waals surface area contributed by atoms with Gasteiger partial charge in [-0.1, -0.05) is 0 Å². The molecule has 1 aromatic rings. The molecule has 0 amide bonds. The van der Waals surface area contributed by atoms with Crippen molar-refractivity contribution in [3.8, 4) is 17.6 Å². The summed E-state index contributed by atoms with van der Waals surface area (Å²) in [6.07, 6.45) is 3.11. The van der Waals surface area contributed by atoms with Gasteiger partial charge in [0.2, 0.25) is 0 Å². The van der Waals surface area contributed by atoms with Crippen LogP contribution >= 0.6 is 15.9 Å². The van der Waals surface area contributed by atoms with E-state index in [1.807, 2.05) is 12.1 Å². The van der Waals surface area contributed by atoms with E-state index in [9.17, 15) is 0 Å². The van der Waals surface area contributed by atoms with E-state index in [1.54, 1.807) is 26.4 Å². The van der Waals surface area contributed by atoms with Crippen LogP contribution in [0.3, 0.4) is 0 Å². The van der Waals surface area contributed by atoms with Crippen LogP contribution in [0.5, 0.6) is 11.5 Å². The number of benzene rings is 1. The summed E-state index contributed by atoms with van der Waals surface area (Å²) in [5, 5.41) is 8.42. The highest BCUT2D eigenvalue weighted by molar-refractivity contribution is 9.10. The molecule has 0 aliphatic carbocycles. The van der Waals surface area contributed by atoms with Gasteiger partial charge in [-0.25, -0.2) is 0 Å². The minimum atomic E-state index is 0.629. The summed E-state index contributed by atoms with van der Waals surface area (Å²) in [5.41, 5.74) is 0.876. The second-order valence-electron chi connectivity index (χ2n) is 2.70. The van der Waals surface area contributed by atoms with E-state index < -0.39 is 0 Å². The summed E-state index contributed by atoms with van der Waals surface area (Å²) < 4.78 is 11.1. The van der Waals surface area contributed by atoms with Crippen molar-refractivity contribution in [2.75, 3.05) is 14.2 Å². The normalized spacial score (nSPS) is 10.0. The number of hydrogen-bond donors (Lipinski definition) is 0. The highest BCUT2D eigenvalue weighted by Crippen LogP contribution is 2.36. The van der Waals surface area contributed by atoms with Crippen molar-refractivity contribution in [1.29, 1.82) is 5.26 Å². The Morgan fingerprint density at radius 1 is 1.33 bits per heavy atom. The van der Waals surface area contributed by atoms with Crippen LogP contribution in [-0.4, -0.2) is 14.2 Å². The lowest BCUT2D eigenvalue weighted by atomic mass is 10.2. The van der Waals surface area contributed by atoms with Crippen LogP contribution in [0.15, 0.2) is 22.7 Å². The fourth-order valence-corrected chi connectivity index (χ4v) is 1.79. The summed E-state index contributed by atoms with van der Waals surface area (Å²) in [4.78, 5) is 0. The molecule has 0 aliphatic rings. The zero-order valence-corrected chi connectivity index (χ0v) is 10.0.